The Morgan fingerprint density at radius 2 is 2.19 bits per heavy atom. The lowest BCUT2D eigenvalue weighted by molar-refractivity contribution is 0.0703. The molecule has 5 heteroatoms. The molecule has 0 aliphatic carbocycles. The van der Waals surface area contributed by atoms with Crippen LogP contribution in [0.25, 0.3) is 0 Å². The van der Waals surface area contributed by atoms with Crippen LogP contribution in [0.5, 0.6) is 0 Å². The van der Waals surface area contributed by atoms with Crippen LogP contribution >= 0.6 is 11.3 Å². The Labute approximate surface area is 98.7 Å². The van der Waals surface area contributed by atoms with E-state index in [1.165, 1.54) is 11.3 Å². The molecular formula is C11H17NO3S. The van der Waals surface area contributed by atoms with E-state index in [9.17, 15) is 9.90 Å². The number of hydrogen-bond acceptors (Lipinski definition) is 4. The minimum absolute atomic E-state index is 0.189. The Kier molecular flexibility index (Phi) is 4.32. The largest absolute Gasteiger partial charge is 0.477 e. The lowest BCUT2D eigenvalue weighted by Crippen LogP contribution is -2.14. The van der Waals surface area contributed by atoms with Crippen LogP contribution in [0.2, 0.25) is 0 Å². The molecule has 0 saturated carbocycles. The molecule has 1 aromatic rings. The van der Waals surface area contributed by atoms with Crippen molar-refractivity contribution in [1.29, 1.82) is 0 Å². The van der Waals surface area contributed by atoms with E-state index in [4.69, 9.17) is 10.8 Å². The van der Waals surface area contributed by atoms with E-state index in [-0.39, 0.29) is 16.9 Å². The summed E-state index contributed by atoms with van der Waals surface area (Å²) < 4.78 is 0. The number of anilines is 1. The third-order valence-corrected chi connectivity index (χ3v) is 3.66. The Morgan fingerprint density at radius 3 is 2.62 bits per heavy atom. The van der Waals surface area contributed by atoms with Gasteiger partial charge in [0.25, 0.3) is 0 Å². The zero-order chi connectivity index (χ0) is 12.3. The van der Waals surface area contributed by atoms with Crippen LogP contribution in [0.3, 0.4) is 0 Å². The normalized spacial score (nSPS) is 13.0. The number of aliphatic hydroxyl groups is 1. The second-order valence-corrected chi connectivity index (χ2v) is 5.29. The predicted octanol–water partition coefficient (Wildman–Crippen LogP) is 1.98. The fourth-order valence-corrected chi connectivity index (χ4v) is 2.30. The summed E-state index contributed by atoms with van der Waals surface area (Å²) in [7, 11) is 0. The van der Waals surface area contributed by atoms with E-state index < -0.39 is 5.97 Å². The first kappa shape index (κ1) is 13.0. The van der Waals surface area contributed by atoms with Crippen molar-refractivity contribution in [3.8, 4) is 0 Å². The maximum atomic E-state index is 10.8. The van der Waals surface area contributed by atoms with Gasteiger partial charge in [-0.1, -0.05) is 13.8 Å². The second kappa shape index (κ2) is 5.32. The first-order valence-electron chi connectivity index (χ1n) is 5.21. The van der Waals surface area contributed by atoms with Gasteiger partial charge in [0.15, 0.2) is 0 Å². The van der Waals surface area contributed by atoms with Crippen LogP contribution in [0.1, 0.15) is 34.8 Å². The van der Waals surface area contributed by atoms with Gasteiger partial charge in [-0.15, -0.1) is 11.3 Å². The average Bonchev–Trinajstić information content (AvgIpc) is 2.56. The van der Waals surface area contributed by atoms with Crippen LogP contribution in [-0.2, 0) is 6.42 Å². The number of nitrogens with two attached hydrogens (primary N) is 1. The molecule has 0 radical (unpaired) electrons. The molecule has 1 heterocycles. The maximum Gasteiger partial charge on any atom is 0.348 e. The summed E-state index contributed by atoms with van der Waals surface area (Å²) in [5, 5.41) is 18.5. The van der Waals surface area contributed by atoms with Gasteiger partial charge in [0.1, 0.15) is 4.88 Å². The van der Waals surface area contributed by atoms with Crippen molar-refractivity contribution in [3.63, 3.8) is 0 Å². The number of carbonyl (C=O) groups is 1. The second-order valence-electron chi connectivity index (χ2n) is 4.15. The molecule has 1 atom stereocenters. The summed E-state index contributed by atoms with van der Waals surface area (Å²) in [6.07, 6.45) is 0.953. The minimum atomic E-state index is -0.988. The molecule has 0 amide bonds. The molecule has 0 aromatic carbocycles. The van der Waals surface area contributed by atoms with E-state index in [1.807, 2.05) is 13.8 Å². The monoisotopic (exact) mass is 243 g/mol. The standard InChI is InChI=1S/C11H17NO3S/c1-6(2)9(13)4-3-7-5-8(12)10(16-7)11(14)15/h5-6,9,13H,3-4,12H2,1-2H3,(H,14,15). The van der Waals surface area contributed by atoms with Crippen LogP contribution in [0.4, 0.5) is 5.69 Å². The molecule has 1 unspecified atom stereocenters. The summed E-state index contributed by atoms with van der Waals surface area (Å²) in [6.45, 7) is 3.91. The molecule has 16 heavy (non-hydrogen) atoms. The van der Waals surface area contributed by atoms with E-state index in [0.29, 0.717) is 18.5 Å². The van der Waals surface area contributed by atoms with Crippen molar-refractivity contribution in [1.82, 2.24) is 0 Å². The van der Waals surface area contributed by atoms with Crippen LogP contribution in [-0.4, -0.2) is 22.3 Å². The van der Waals surface area contributed by atoms with Crippen LogP contribution in [0, 0.1) is 5.92 Å². The molecule has 0 saturated heterocycles. The molecule has 0 fully saturated rings. The van der Waals surface area contributed by atoms with E-state index in [2.05, 4.69) is 0 Å². The number of aliphatic hydroxyl groups excluding tert-OH is 1. The number of carboxylic acids is 1. The zero-order valence-corrected chi connectivity index (χ0v) is 10.3. The first-order valence-corrected chi connectivity index (χ1v) is 6.03. The fourth-order valence-electron chi connectivity index (χ4n) is 1.37. The Morgan fingerprint density at radius 1 is 1.56 bits per heavy atom. The number of hydrogen-bond donors (Lipinski definition) is 3. The zero-order valence-electron chi connectivity index (χ0n) is 9.43. The molecule has 4 N–H and O–H groups in total. The average molecular weight is 243 g/mol. The molecule has 0 aliphatic heterocycles. The third-order valence-electron chi connectivity index (χ3n) is 2.46. The van der Waals surface area contributed by atoms with E-state index >= 15 is 0 Å². The first-order chi connectivity index (χ1) is 7.41. The Hall–Kier alpha value is -1.07. The molecule has 0 spiro atoms. The molecule has 1 rings (SSSR count). The highest BCUT2D eigenvalue weighted by molar-refractivity contribution is 7.14. The van der Waals surface area contributed by atoms with Gasteiger partial charge >= 0.3 is 5.97 Å². The molecular weight excluding hydrogens is 226 g/mol. The summed E-state index contributed by atoms with van der Waals surface area (Å²) in [6, 6.07) is 1.68. The number of carboxylic acid groups (broad SMARTS) is 1. The van der Waals surface area contributed by atoms with Gasteiger partial charge in [-0.3, -0.25) is 0 Å². The van der Waals surface area contributed by atoms with Crippen molar-refractivity contribution in [2.75, 3.05) is 5.73 Å². The number of nitrogen functional groups attached to an aromatic ring is 1. The van der Waals surface area contributed by atoms with Gasteiger partial charge in [-0.25, -0.2) is 4.79 Å². The fraction of sp³-hybridized carbons (Fsp3) is 0.545. The molecule has 0 bridgehead atoms. The summed E-state index contributed by atoms with van der Waals surface area (Å²) in [5.74, 6) is -0.769. The highest BCUT2D eigenvalue weighted by atomic mass is 32.1. The van der Waals surface area contributed by atoms with E-state index in [1.54, 1.807) is 6.07 Å². The highest BCUT2D eigenvalue weighted by Crippen LogP contribution is 2.26. The van der Waals surface area contributed by atoms with Gasteiger partial charge in [-0.05, 0) is 24.8 Å². The van der Waals surface area contributed by atoms with Gasteiger partial charge in [-0.2, -0.15) is 0 Å². The van der Waals surface area contributed by atoms with Crippen molar-refractivity contribution >= 4 is 23.0 Å². The van der Waals surface area contributed by atoms with Crippen molar-refractivity contribution < 1.29 is 15.0 Å². The highest BCUT2D eigenvalue weighted by Gasteiger charge is 2.14. The quantitative estimate of drug-likeness (QED) is 0.738. The van der Waals surface area contributed by atoms with Gasteiger partial charge < -0.3 is 15.9 Å². The van der Waals surface area contributed by atoms with Crippen molar-refractivity contribution in [2.45, 2.75) is 32.8 Å². The maximum absolute atomic E-state index is 10.8. The molecule has 90 valence electrons. The lowest BCUT2D eigenvalue weighted by Gasteiger charge is -2.12. The SMILES string of the molecule is CC(C)C(O)CCc1cc(N)c(C(=O)O)s1. The minimum Gasteiger partial charge on any atom is -0.477 e. The Balaban J connectivity index is 2.62. The number of rotatable bonds is 5. The number of thiophene rings is 1. The molecule has 0 aliphatic rings. The lowest BCUT2D eigenvalue weighted by atomic mass is 10.0. The topological polar surface area (TPSA) is 83.5 Å². The van der Waals surface area contributed by atoms with Crippen LogP contribution < -0.4 is 5.73 Å². The summed E-state index contributed by atoms with van der Waals surface area (Å²) >= 11 is 1.19. The predicted molar refractivity (Wildman–Crippen MR) is 64.9 cm³/mol. The summed E-state index contributed by atoms with van der Waals surface area (Å²) in [5.41, 5.74) is 5.89. The van der Waals surface area contributed by atoms with Gasteiger partial charge in [0.2, 0.25) is 0 Å². The third kappa shape index (κ3) is 3.21. The van der Waals surface area contributed by atoms with E-state index in [0.717, 1.165) is 4.88 Å². The smallest absolute Gasteiger partial charge is 0.348 e. The summed E-state index contributed by atoms with van der Waals surface area (Å²) in [4.78, 5) is 11.9. The van der Waals surface area contributed by atoms with Crippen LogP contribution in [0.15, 0.2) is 6.07 Å². The van der Waals surface area contributed by atoms with Gasteiger partial charge in [0, 0.05) is 4.88 Å². The number of aryl methyl sites for hydroxylation is 1. The van der Waals surface area contributed by atoms with Gasteiger partial charge in [0.05, 0.1) is 11.8 Å². The van der Waals surface area contributed by atoms with Crippen molar-refractivity contribution in [3.05, 3.63) is 15.8 Å². The Bertz CT molecular complexity index is 373. The molecule has 4 nitrogen and oxygen atoms in total. The van der Waals surface area contributed by atoms with Crippen molar-refractivity contribution in [2.24, 2.45) is 5.92 Å². The number of aromatic carboxylic acids is 1. The molecule has 1 aromatic heterocycles.